The molecule has 184 valence electrons. The van der Waals surface area contributed by atoms with E-state index in [9.17, 15) is 23.9 Å². The van der Waals surface area contributed by atoms with Crippen molar-refractivity contribution in [3.05, 3.63) is 100 Å². The summed E-state index contributed by atoms with van der Waals surface area (Å²) in [5.74, 6) is -3.20. The maximum atomic E-state index is 14.1. The molecule has 0 aliphatic carbocycles. The van der Waals surface area contributed by atoms with Gasteiger partial charge in [0.2, 0.25) is 0 Å². The molecule has 7 nitrogen and oxygen atoms in total. The normalized spacial score (nSPS) is 16.8. The van der Waals surface area contributed by atoms with E-state index in [-0.39, 0.29) is 23.3 Å². The van der Waals surface area contributed by atoms with Crippen molar-refractivity contribution in [1.29, 1.82) is 0 Å². The van der Waals surface area contributed by atoms with Gasteiger partial charge in [-0.3, -0.25) is 19.3 Å². The van der Waals surface area contributed by atoms with Crippen LogP contribution in [0.15, 0.2) is 72.3 Å². The molecule has 1 fully saturated rings. The van der Waals surface area contributed by atoms with Gasteiger partial charge in [-0.25, -0.2) is 4.39 Å². The van der Waals surface area contributed by atoms with E-state index in [1.165, 1.54) is 31.3 Å². The Hall–Kier alpha value is -4.46. The van der Waals surface area contributed by atoms with Crippen LogP contribution in [0.3, 0.4) is 0 Å². The summed E-state index contributed by atoms with van der Waals surface area (Å²) in [5, 5.41) is 11.3. The fourth-order valence-corrected chi connectivity index (χ4v) is 4.28. The first-order chi connectivity index (χ1) is 17.2. The number of nitrogens with zero attached hydrogens (tertiary/aromatic N) is 1. The maximum absolute atomic E-state index is 14.1. The molecular formula is C28H24FNO6. The number of esters is 1. The Kier molecular flexibility index (Phi) is 6.87. The van der Waals surface area contributed by atoms with Crippen LogP contribution in [0.4, 0.5) is 10.1 Å². The molecule has 3 aromatic rings. The van der Waals surface area contributed by atoms with Crippen LogP contribution in [0.25, 0.3) is 5.76 Å². The second-order valence-corrected chi connectivity index (χ2v) is 8.35. The number of carbonyl (C=O) groups excluding carboxylic acids is 3. The average Bonchev–Trinajstić information content (AvgIpc) is 3.14. The Labute approximate surface area is 207 Å². The number of methoxy groups -OCH3 is 2. The first-order valence-electron chi connectivity index (χ1n) is 11.1. The quantitative estimate of drug-likeness (QED) is 0.238. The monoisotopic (exact) mass is 489 g/mol. The van der Waals surface area contributed by atoms with Crippen molar-refractivity contribution in [2.75, 3.05) is 19.1 Å². The van der Waals surface area contributed by atoms with Gasteiger partial charge in [0.25, 0.3) is 11.7 Å². The second-order valence-electron chi connectivity index (χ2n) is 8.35. The Bertz CT molecular complexity index is 1380. The van der Waals surface area contributed by atoms with E-state index in [1.54, 1.807) is 36.4 Å². The highest BCUT2D eigenvalue weighted by Gasteiger charge is 2.47. The Morgan fingerprint density at radius 1 is 1.03 bits per heavy atom. The van der Waals surface area contributed by atoms with Crippen molar-refractivity contribution in [2.45, 2.75) is 19.4 Å². The summed E-state index contributed by atoms with van der Waals surface area (Å²) in [6.45, 7) is 1.87. The number of Topliss-reactive ketones (excluding diaryl/α,β-unsaturated/α-hetero) is 1. The van der Waals surface area contributed by atoms with Crippen molar-refractivity contribution in [3.63, 3.8) is 0 Å². The van der Waals surface area contributed by atoms with Gasteiger partial charge in [-0.2, -0.15) is 0 Å². The fourth-order valence-electron chi connectivity index (χ4n) is 4.28. The molecule has 0 saturated carbocycles. The zero-order valence-corrected chi connectivity index (χ0v) is 19.9. The van der Waals surface area contributed by atoms with E-state index in [4.69, 9.17) is 9.47 Å². The molecule has 4 rings (SSSR count). The van der Waals surface area contributed by atoms with Gasteiger partial charge < -0.3 is 14.6 Å². The van der Waals surface area contributed by atoms with Crippen LogP contribution in [0.1, 0.15) is 28.3 Å². The summed E-state index contributed by atoms with van der Waals surface area (Å²) >= 11 is 0. The van der Waals surface area contributed by atoms with Crippen molar-refractivity contribution < 1.29 is 33.4 Å². The van der Waals surface area contributed by atoms with E-state index < -0.39 is 35.3 Å². The summed E-state index contributed by atoms with van der Waals surface area (Å²) < 4.78 is 24.0. The van der Waals surface area contributed by atoms with Crippen LogP contribution in [-0.2, 0) is 25.5 Å². The fraction of sp³-hybridized carbons (Fsp3) is 0.179. The molecule has 1 aliphatic rings. The standard InChI is InChI=1S/C28H24FNO6/c1-16-5-4-6-18(13-16)25-24(26(32)21-15-19(29)9-12-22(21)35-2)27(33)28(34)30(25)20-10-7-17(8-11-20)14-23(31)36-3/h4-13,15,25,32H,14H2,1-3H3/b26-24+. The lowest BCUT2D eigenvalue weighted by Gasteiger charge is -2.26. The first-order valence-corrected chi connectivity index (χ1v) is 11.1. The predicted octanol–water partition coefficient (Wildman–Crippen LogP) is 4.48. The van der Waals surface area contributed by atoms with Crippen LogP contribution in [0.2, 0.25) is 0 Å². The van der Waals surface area contributed by atoms with Crippen molar-refractivity contribution >= 4 is 29.1 Å². The van der Waals surface area contributed by atoms with Crippen molar-refractivity contribution in [3.8, 4) is 5.75 Å². The van der Waals surface area contributed by atoms with Crippen LogP contribution < -0.4 is 9.64 Å². The highest BCUT2D eigenvalue weighted by Crippen LogP contribution is 2.43. The summed E-state index contributed by atoms with van der Waals surface area (Å²) in [4.78, 5) is 39.5. The Balaban J connectivity index is 1.90. The van der Waals surface area contributed by atoms with Gasteiger partial charge in [0.1, 0.15) is 17.3 Å². The van der Waals surface area contributed by atoms with E-state index in [0.29, 0.717) is 16.8 Å². The molecule has 8 heteroatoms. The number of aliphatic hydroxyl groups excluding tert-OH is 1. The zero-order valence-electron chi connectivity index (χ0n) is 19.9. The lowest BCUT2D eigenvalue weighted by Crippen LogP contribution is -2.29. The summed E-state index contributed by atoms with van der Waals surface area (Å²) in [5.41, 5.74) is 2.30. The van der Waals surface area contributed by atoms with E-state index >= 15 is 0 Å². The highest BCUT2D eigenvalue weighted by molar-refractivity contribution is 6.51. The topological polar surface area (TPSA) is 93.1 Å². The molecule has 3 aromatic carbocycles. The first kappa shape index (κ1) is 24.7. The minimum Gasteiger partial charge on any atom is -0.507 e. The van der Waals surface area contributed by atoms with Crippen LogP contribution in [0, 0.1) is 12.7 Å². The molecule has 36 heavy (non-hydrogen) atoms. The number of halogens is 1. The molecule has 0 aromatic heterocycles. The van der Waals surface area contributed by atoms with Gasteiger partial charge in [-0.1, -0.05) is 42.0 Å². The number of hydrogen-bond donors (Lipinski definition) is 1. The summed E-state index contributed by atoms with van der Waals surface area (Å²) in [6.07, 6.45) is 0.0519. The minimum atomic E-state index is -0.982. The van der Waals surface area contributed by atoms with Crippen molar-refractivity contribution in [2.24, 2.45) is 0 Å². The largest absolute Gasteiger partial charge is 0.507 e. The zero-order chi connectivity index (χ0) is 26.0. The number of ether oxygens (including phenoxy) is 2. The van der Waals surface area contributed by atoms with Gasteiger partial charge in [0.15, 0.2) is 0 Å². The SMILES string of the molecule is COC(=O)Cc1ccc(N2C(=O)C(=O)/C(=C(/O)c3cc(F)ccc3OC)C2c2cccc(C)c2)cc1. The molecule has 1 N–H and O–H groups in total. The molecule has 1 saturated heterocycles. The number of ketones is 1. The Morgan fingerprint density at radius 3 is 2.39 bits per heavy atom. The lowest BCUT2D eigenvalue weighted by atomic mass is 9.94. The molecule has 1 unspecified atom stereocenters. The van der Waals surface area contributed by atoms with Gasteiger partial charge in [0, 0.05) is 5.69 Å². The third-order valence-corrected chi connectivity index (χ3v) is 6.01. The number of amides is 1. The number of anilines is 1. The van der Waals surface area contributed by atoms with E-state index in [2.05, 4.69) is 0 Å². The highest BCUT2D eigenvalue weighted by atomic mass is 19.1. The molecule has 1 atom stereocenters. The minimum absolute atomic E-state index is 0.0402. The maximum Gasteiger partial charge on any atom is 0.309 e. The number of carbonyl (C=O) groups is 3. The van der Waals surface area contributed by atoms with Gasteiger partial charge in [-0.15, -0.1) is 0 Å². The third kappa shape index (κ3) is 4.57. The Morgan fingerprint density at radius 2 is 1.75 bits per heavy atom. The van der Waals surface area contributed by atoms with Crippen LogP contribution >= 0.6 is 0 Å². The lowest BCUT2D eigenvalue weighted by molar-refractivity contribution is -0.139. The second kappa shape index (κ2) is 10.0. The molecule has 0 spiro atoms. The summed E-state index contributed by atoms with van der Waals surface area (Å²) in [7, 11) is 2.65. The number of aliphatic hydroxyl groups is 1. The molecular weight excluding hydrogens is 465 g/mol. The number of aryl methyl sites for hydroxylation is 1. The predicted molar refractivity (Wildman–Crippen MR) is 131 cm³/mol. The number of rotatable bonds is 6. The average molecular weight is 489 g/mol. The van der Waals surface area contributed by atoms with Gasteiger partial charge in [-0.05, 0) is 48.4 Å². The van der Waals surface area contributed by atoms with Crippen LogP contribution in [0.5, 0.6) is 5.75 Å². The number of benzene rings is 3. The molecule has 1 aliphatic heterocycles. The molecule has 0 bridgehead atoms. The van der Waals surface area contributed by atoms with E-state index in [1.807, 2.05) is 19.1 Å². The number of hydrogen-bond acceptors (Lipinski definition) is 6. The van der Waals surface area contributed by atoms with Gasteiger partial charge >= 0.3 is 5.97 Å². The van der Waals surface area contributed by atoms with Gasteiger partial charge in [0.05, 0.1) is 37.8 Å². The summed E-state index contributed by atoms with van der Waals surface area (Å²) in [6, 6.07) is 16.3. The smallest absolute Gasteiger partial charge is 0.309 e. The molecule has 0 radical (unpaired) electrons. The van der Waals surface area contributed by atoms with E-state index in [0.717, 1.165) is 11.6 Å². The molecule has 1 heterocycles. The molecule has 1 amide bonds. The third-order valence-electron chi connectivity index (χ3n) is 6.01. The van der Waals surface area contributed by atoms with Crippen LogP contribution in [-0.4, -0.2) is 37.0 Å². The van der Waals surface area contributed by atoms with Crippen molar-refractivity contribution in [1.82, 2.24) is 0 Å².